The number of rotatable bonds is 5. The van der Waals surface area contributed by atoms with Crippen LogP contribution in [0.3, 0.4) is 0 Å². The van der Waals surface area contributed by atoms with E-state index in [1.807, 2.05) is 28.5 Å². The first-order chi connectivity index (χ1) is 14.5. The van der Waals surface area contributed by atoms with Crippen LogP contribution in [0.1, 0.15) is 45.3 Å². The Bertz CT molecular complexity index is 1180. The maximum absolute atomic E-state index is 13.2. The summed E-state index contributed by atoms with van der Waals surface area (Å²) in [7, 11) is -3.48. The molecule has 0 bridgehead atoms. The average Bonchev–Trinajstić information content (AvgIpc) is 3.51. The van der Waals surface area contributed by atoms with E-state index in [0.717, 1.165) is 36.1 Å². The van der Waals surface area contributed by atoms with E-state index in [-0.39, 0.29) is 24.1 Å². The molecular weight excluding hydrogens is 434 g/mol. The minimum absolute atomic E-state index is 0.0146. The van der Waals surface area contributed by atoms with Crippen LogP contribution in [0, 0.1) is 0 Å². The zero-order valence-corrected chi connectivity index (χ0v) is 19.0. The number of carbonyl (C=O) groups excluding carboxylic acids is 1. The van der Waals surface area contributed by atoms with Crippen LogP contribution in [0.25, 0.3) is 0 Å². The first kappa shape index (κ1) is 20.0. The first-order valence-corrected chi connectivity index (χ1v) is 13.7. The highest BCUT2D eigenvalue weighted by molar-refractivity contribution is 7.91. The maximum atomic E-state index is 13.2. The van der Waals surface area contributed by atoms with Crippen molar-refractivity contribution in [1.82, 2.24) is 4.90 Å². The predicted octanol–water partition coefficient (Wildman–Crippen LogP) is 4.64. The molecule has 1 aromatic carbocycles. The fourth-order valence-electron chi connectivity index (χ4n) is 4.56. The van der Waals surface area contributed by atoms with Crippen LogP contribution < -0.4 is 0 Å². The van der Waals surface area contributed by atoms with Crippen molar-refractivity contribution in [3.63, 3.8) is 0 Å². The second kappa shape index (κ2) is 7.94. The number of benzene rings is 1. The summed E-state index contributed by atoms with van der Waals surface area (Å²) < 4.78 is 25.8. The summed E-state index contributed by atoms with van der Waals surface area (Å²) in [4.78, 5) is 17.8. The number of hydrogen-bond acceptors (Lipinski definition) is 5. The van der Waals surface area contributed by atoms with E-state index in [4.69, 9.17) is 0 Å². The molecule has 1 aliphatic heterocycles. The highest BCUT2D eigenvalue weighted by atomic mass is 32.2. The van der Waals surface area contributed by atoms with Crippen LogP contribution in [-0.2, 0) is 33.9 Å². The molecule has 0 saturated carbocycles. The van der Waals surface area contributed by atoms with Crippen molar-refractivity contribution in [3.8, 4) is 0 Å². The van der Waals surface area contributed by atoms with Crippen LogP contribution >= 0.6 is 22.7 Å². The number of aryl methyl sites for hydroxylation is 2. The van der Waals surface area contributed by atoms with E-state index < -0.39 is 9.84 Å². The van der Waals surface area contributed by atoms with Crippen LogP contribution in [0.2, 0.25) is 0 Å². The third-order valence-corrected chi connectivity index (χ3v) is 9.75. The van der Waals surface area contributed by atoms with Gasteiger partial charge in [0.05, 0.1) is 16.7 Å². The van der Waals surface area contributed by atoms with Gasteiger partial charge >= 0.3 is 0 Å². The molecule has 1 amide bonds. The van der Waals surface area contributed by atoms with E-state index in [1.165, 1.54) is 16.0 Å². The number of thiophene rings is 2. The highest BCUT2D eigenvalue weighted by Gasteiger charge is 2.33. The highest BCUT2D eigenvalue weighted by Crippen LogP contribution is 2.39. The quantitative estimate of drug-likeness (QED) is 0.561. The topological polar surface area (TPSA) is 54.5 Å². The molecule has 156 valence electrons. The van der Waals surface area contributed by atoms with E-state index in [9.17, 15) is 13.2 Å². The molecule has 0 spiro atoms. The number of fused-ring (bicyclic) bond motifs is 2. The molecule has 5 rings (SSSR count). The SMILES string of the molecule is O=C(CCS(=O)(=O)c1ccc2c(c1)CCC2)N1CCc2sccc2C1c1cccs1. The fraction of sp³-hybridized carbons (Fsp3) is 0.348. The van der Waals surface area contributed by atoms with Gasteiger partial charge in [0, 0.05) is 22.7 Å². The Labute approximate surface area is 185 Å². The molecule has 2 aromatic heterocycles. The molecule has 0 radical (unpaired) electrons. The molecule has 30 heavy (non-hydrogen) atoms. The Hall–Kier alpha value is -1.96. The van der Waals surface area contributed by atoms with Crippen LogP contribution in [0.5, 0.6) is 0 Å². The number of carbonyl (C=O) groups is 1. The number of hydrogen-bond donors (Lipinski definition) is 0. The molecule has 7 heteroatoms. The molecule has 4 nitrogen and oxygen atoms in total. The molecule has 1 unspecified atom stereocenters. The Balaban J connectivity index is 1.35. The zero-order chi connectivity index (χ0) is 20.7. The minimum Gasteiger partial charge on any atom is -0.330 e. The van der Waals surface area contributed by atoms with E-state index in [1.54, 1.807) is 28.7 Å². The maximum Gasteiger partial charge on any atom is 0.224 e. The Morgan fingerprint density at radius 1 is 1.03 bits per heavy atom. The van der Waals surface area contributed by atoms with E-state index in [2.05, 4.69) is 17.5 Å². The summed E-state index contributed by atoms with van der Waals surface area (Å²) in [6.07, 6.45) is 3.90. The average molecular weight is 458 g/mol. The van der Waals surface area contributed by atoms with Crippen molar-refractivity contribution in [2.75, 3.05) is 12.3 Å². The second-order valence-electron chi connectivity index (χ2n) is 7.91. The summed E-state index contributed by atoms with van der Waals surface area (Å²) in [5.74, 6) is -0.232. The summed E-state index contributed by atoms with van der Waals surface area (Å²) in [6.45, 7) is 0.633. The Morgan fingerprint density at radius 2 is 1.90 bits per heavy atom. The molecule has 3 aromatic rings. The molecule has 2 aliphatic rings. The summed E-state index contributed by atoms with van der Waals surface area (Å²) >= 11 is 3.38. The lowest BCUT2D eigenvalue weighted by atomic mass is 9.98. The van der Waals surface area contributed by atoms with Crippen LogP contribution in [0.4, 0.5) is 0 Å². The van der Waals surface area contributed by atoms with Crippen molar-refractivity contribution < 1.29 is 13.2 Å². The van der Waals surface area contributed by atoms with Gasteiger partial charge in [-0.3, -0.25) is 4.79 Å². The van der Waals surface area contributed by atoms with Crippen molar-refractivity contribution in [3.05, 3.63) is 73.6 Å². The molecule has 3 heterocycles. The van der Waals surface area contributed by atoms with E-state index in [0.29, 0.717) is 11.4 Å². The molecule has 1 atom stereocenters. The summed E-state index contributed by atoms with van der Waals surface area (Å²) in [5, 5.41) is 4.11. The van der Waals surface area contributed by atoms with Crippen LogP contribution in [0.15, 0.2) is 52.1 Å². The van der Waals surface area contributed by atoms with Crippen molar-refractivity contribution in [2.45, 2.75) is 43.0 Å². The smallest absolute Gasteiger partial charge is 0.224 e. The monoisotopic (exact) mass is 457 g/mol. The van der Waals surface area contributed by atoms with Gasteiger partial charge in [-0.2, -0.15) is 0 Å². The van der Waals surface area contributed by atoms with Gasteiger partial charge in [0.15, 0.2) is 9.84 Å². The third kappa shape index (κ3) is 3.63. The van der Waals surface area contributed by atoms with Gasteiger partial charge in [0.25, 0.3) is 0 Å². The largest absolute Gasteiger partial charge is 0.330 e. The fourth-order valence-corrected chi connectivity index (χ4v) is 7.60. The van der Waals surface area contributed by atoms with Gasteiger partial charge in [0.1, 0.15) is 0 Å². The van der Waals surface area contributed by atoms with Gasteiger partial charge in [-0.05, 0) is 77.4 Å². The lowest BCUT2D eigenvalue weighted by molar-refractivity contribution is -0.132. The van der Waals surface area contributed by atoms with Crippen molar-refractivity contribution >= 4 is 38.4 Å². The van der Waals surface area contributed by atoms with Gasteiger partial charge in [0.2, 0.25) is 5.91 Å². The summed E-state index contributed by atoms with van der Waals surface area (Å²) in [5.41, 5.74) is 3.58. The summed E-state index contributed by atoms with van der Waals surface area (Å²) in [6, 6.07) is 11.5. The number of sulfone groups is 1. The Morgan fingerprint density at radius 3 is 2.73 bits per heavy atom. The molecule has 0 saturated heterocycles. The predicted molar refractivity (Wildman–Crippen MR) is 121 cm³/mol. The molecule has 0 fully saturated rings. The molecular formula is C23H23NO3S3. The van der Waals surface area contributed by atoms with Gasteiger partial charge in [-0.25, -0.2) is 8.42 Å². The lowest BCUT2D eigenvalue weighted by Crippen LogP contribution is -2.40. The zero-order valence-electron chi connectivity index (χ0n) is 16.5. The number of amides is 1. The third-order valence-electron chi connectivity index (χ3n) is 6.11. The van der Waals surface area contributed by atoms with Crippen LogP contribution in [-0.4, -0.2) is 31.5 Å². The van der Waals surface area contributed by atoms with Crippen molar-refractivity contribution in [2.24, 2.45) is 0 Å². The van der Waals surface area contributed by atoms with Gasteiger partial charge < -0.3 is 4.90 Å². The van der Waals surface area contributed by atoms with E-state index >= 15 is 0 Å². The standard InChI is InChI=1S/C23H23NO3S3/c25-22(10-14-30(26,27)18-7-6-16-3-1-4-17(16)15-18)24-11-8-20-19(9-13-29-20)23(24)21-5-2-12-28-21/h2,5-7,9,12-13,15,23H,1,3-4,8,10-11,14H2. The molecule has 1 aliphatic carbocycles. The van der Waals surface area contributed by atoms with Gasteiger partial charge in [-0.1, -0.05) is 12.1 Å². The number of nitrogens with zero attached hydrogens (tertiary/aromatic N) is 1. The second-order valence-corrected chi connectivity index (χ2v) is 12.0. The lowest BCUT2D eigenvalue weighted by Gasteiger charge is -2.35. The van der Waals surface area contributed by atoms with Gasteiger partial charge in [-0.15, -0.1) is 22.7 Å². The minimum atomic E-state index is -3.48. The van der Waals surface area contributed by atoms with Crippen molar-refractivity contribution in [1.29, 1.82) is 0 Å². The normalized spacial score (nSPS) is 18.3. The Kier molecular flexibility index (Phi) is 5.29. The first-order valence-electron chi connectivity index (χ1n) is 10.3. The molecule has 0 N–H and O–H groups in total.